The highest BCUT2D eigenvalue weighted by Gasteiger charge is 2.30. The van der Waals surface area contributed by atoms with Crippen molar-refractivity contribution < 1.29 is 14.3 Å². The third kappa shape index (κ3) is 2.74. The van der Waals surface area contributed by atoms with Gasteiger partial charge >= 0.3 is 5.97 Å². The molecular formula is C12H21NO3. The molecule has 0 radical (unpaired) electrons. The SMILES string of the molecule is COC(=O)[C@H]1CC[C@H](N2CCOCC2)CC1. The second-order valence-corrected chi connectivity index (χ2v) is 4.68. The maximum absolute atomic E-state index is 11.4. The summed E-state index contributed by atoms with van der Waals surface area (Å²) in [6.07, 6.45) is 4.21. The van der Waals surface area contributed by atoms with Gasteiger partial charge in [-0.1, -0.05) is 0 Å². The van der Waals surface area contributed by atoms with Gasteiger partial charge in [-0.15, -0.1) is 0 Å². The van der Waals surface area contributed by atoms with Crippen LogP contribution in [0.2, 0.25) is 0 Å². The first-order valence-corrected chi connectivity index (χ1v) is 6.21. The lowest BCUT2D eigenvalue weighted by atomic mass is 9.85. The van der Waals surface area contributed by atoms with Crippen LogP contribution in [0.3, 0.4) is 0 Å². The molecule has 2 fully saturated rings. The Bertz CT molecular complexity index is 230. The molecule has 4 heteroatoms. The number of hydrogen-bond donors (Lipinski definition) is 0. The summed E-state index contributed by atoms with van der Waals surface area (Å²) >= 11 is 0. The average molecular weight is 227 g/mol. The third-order valence-corrected chi connectivity index (χ3v) is 3.79. The third-order valence-electron chi connectivity index (χ3n) is 3.79. The van der Waals surface area contributed by atoms with Crippen molar-refractivity contribution in [2.75, 3.05) is 33.4 Å². The van der Waals surface area contributed by atoms with Crippen molar-refractivity contribution >= 4 is 5.97 Å². The van der Waals surface area contributed by atoms with Crippen LogP contribution in [-0.4, -0.2) is 50.3 Å². The molecule has 0 aromatic rings. The number of hydrogen-bond acceptors (Lipinski definition) is 4. The van der Waals surface area contributed by atoms with E-state index in [2.05, 4.69) is 4.90 Å². The van der Waals surface area contributed by atoms with Gasteiger partial charge in [0.25, 0.3) is 0 Å². The van der Waals surface area contributed by atoms with Gasteiger partial charge in [0.1, 0.15) is 0 Å². The number of nitrogens with zero attached hydrogens (tertiary/aromatic N) is 1. The highest BCUT2D eigenvalue weighted by atomic mass is 16.5. The lowest BCUT2D eigenvalue weighted by Crippen LogP contribution is -2.45. The molecule has 16 heavy (non-hydrogen) atoms. The number of morpholine rings is 1. The highest BCUT2D eigenvalue weighted by molar-refractivity contribution is 5.72. The summed E-state index contributed by atoms with van der Waals surface area (Å²) < 4.78 is 10.1. The molecule has 2 aliphatic rings. The van der Waals surface area contributed by atoms with Crippen LogP contribution >= 0.6 is 0 Å². The van der Waals surface area contributed by atoms with E-state index < -0.39 is 0 Å². The molecular weight excluding hydrogens is 206 g/mol. The summed E-state index contributed by atoms with van der Waals surface area (Å²) in [4.78, 5) is 13.9. The molecule has 1 saturated carbocycles. The fraction of sp³-hybridized carbons (Fsp3) is 0.917. The molecule has 0 aromatic carbocycles. The maximum Gasteiger partial charge on any atom is 0.308 e. The van der Waals surface area contributed by atoms with E-state index in [1.54, 1.807) is 0 Å². The maximum atomic E-state index is 11.4. The number of methoxy groups -OCH3 is 1. The summed E-state index contributed by atoms with van der Waals surface area (Å²) in [5.74, 6) is 0.114. The highest BCUT2D eigenvalue weighted by Crippen LogP contribution is 2.28. The Balaban J connectivity index is 1.78. The van der Waals surface area contributed by atoms with Gasteiger partial charge < -0.3 is 9.47 Å². The van der Waals surface area contributed by atoms with Gasteiger partial charge in [0.05, 0.1) is 26.2 Å². The summed E-state index contributed by atoms with van der Waals surface area (Å²) in [6.45, 7) is 3.81. The molecule has 4 nitrogen and oxygen atoms in total. The minimum Gasteiger partial charge on any atom is -0.469 e. The van der Waals surface area contributed by atoms with E-state index in [0.717, 1.165) is 52.0 Å². The fourth-order valence-electron chi connectivity index (χ4n) is 2.79. The van der Waals surface area contributed by atoms with E-state index in [1.165, 1.54) is 7.11 Å². The molecule has 0 spiro atoms. The van der Waals surface area contributed by atoms with E-state index in [0.29, 0.717) is 6.04 Å². The monoisotopic (exact) mass is 227 g/mol. The zero-order chi connectivity index (χ0) is 11.4. The lowest BCUT2D eigenvalue weighted by molar-refractivity contribution is -0.147. The molecule has 1 aliphatic carbocycles. The van der Waals surface area contributed by atoms with Crippen molar-refractivity contribution in [2.45, 2.75) is 31.7 Å². The molecule has 0 N–H and O–H groups in total. The van der Waals surface area contributed by atoms with Crippen molar-refractivity contribution in [1.82, 2.24) is 4.90 Å². The van der Waals surface area contributed by atoms with Gasteiger partial charge in [0, 0.05) is 19.1 Å². The Labute approximate surface area is 96.9 Å². The zero-order valence-corrected chi connectivity index (χ0v) is 9.98. The van der Waals surface area contributed by atoms with E-state index in [1.807, 2.05) is 0 Å². The van der Waals surface area contributed by atoms with E-state index in [-0.39, 0.29) is 11.9 Å². The van der Waals surface area contributed by atoms with Gasteiger partial charge in [-0.25, -0.2) is 0 Å². The first kappa shape index (κ1) is 11.9. The van der Waals surface area contributed by atoms with Gasteiger partial charge in [-0.05, 0) is 25.7 Å². The summed E-state index contributed by atoms with van der Waals surface area (Å²) in [5, 5.41) is 0. The molecule has 0 bridgehead atoms. The molecule has 1 saturated heterocycles. The first-order valence-electron chi connectivity index (χ1n) is 6.21. The molecule has 0 atom stereocenters. The number of carbonyl (C=O) groups is 1. The number of esters is 1. The predicted octanol–water partition coefficient (Wildman–Crippen LogP) is 1.05. The minimum absolute atomic E-state index is 0.0274. The van der Waals surface area contributed by atoms with Gasteiger partial charge in [0.15, 0.2) is 0 Å². The van der Waals surface area contributed by atoms with Crippen LogP contribution in [0.1, 0.15) is 25.7 Å². The molecule has 92 valence electrons. The number of rotatable bonds is 2. The van der Waals surface area contributed by atoms with E-state index in [9.17, 15) is 4.79 Å². The molecule has 1 aliphatic heterocycles. The molecule has 0 amide bonds. The van der Waals surface area contributed by atoms with Crippen molar-refractivity contribution in [3.8, 4) is 0 Å². The standard InChI is InChI=1S/C12H21NO3/c1-15-12(14)10-2-4-11(5-3-10)13-6-8-16-9-7-13/h10-11H,2-9H2,1H3/t10-,11-. The lowest BCUT2D eigenvalue weighted by Gasteiger charge is -2.38. The van der Waals surface area contributed by atoms with Gasteiger partial charge in [-0.3, -0.25) is 9.69 Å². The summed E-state index contributed by atoms with van der Waals surface area (Å²) in [6, 6.07) is 0.657. The van der Waals surface area contributed by atoms with Crippen molar-refractivity contribution in [2.24, 2.45) is 5.92 Å². The van der Waals surface area contributed by atoms with Crippen molar-refractivity contribution in [1.29, 1.82) is 0 Å². The number of ether oxygens (including phenoxy) is 2. The quantitative estimate of drug-likeness (QED) is 0.661. The molecule has 1 heterocycles. The van der Waals surface area contributed by atoms with Crippen LogP contribution in [0.15, 0.2) is 0 Å². The Morgan fingerprint density at radius 2 is 1.81 bits per heavy atom. The predicted molar refractivity (Wildman–Crippen MR) is 60.2 cm³/mol. The first-order chi connectivity index (χ1) is 7.81. The Morgan fingerprint density at radius 1 is 1.19 bits per heavy atom. The normalized spacial score (nSPS) is 32.3. The van der Waals surface area contributed by atoms with E-state index >= 15 is 0 Å². The summed E-state index contributed by atoms with van der Waals surface area (Å²) in [5.41, 5.74) is 0. The van der Waals surface area contributed by atoms with E-state index in [4.69, 9.17) is 9.47 Å². The Kier molecular flexibility index (Phi) is 4.18. The van der Waals surface area contributed by atoms with Crippen molar-refractivity contribution in [3.05, 3.63) is 0 Å². The second-order valence-electron chi connectivity index (χ2n) is 4.68. The smallest absolute Gasteiger partial charge is 0.308 e. The molecule has 0 aromatic heterocycles. The number of carbonyl (C=O) groups excluding carboxylic acids is 1. The molecule has 2 rings (SSSR count). The second kappa shape index (κ2) is 5.64. The summed E-state index contributed by atoms with van der Waals surface area (Å²) in [7, 11) is 1.48. The van der Waals surface area contributed by atoms with Crippen LogP contribution in [-0.2, 0) is 14.3 Å². The average Bonchev–Trinajstić information content (AvgIpc) is 2.39. The van der Waals surface area contributed by atoms with Gasteiger partial charge in [-0.2, -0.15) is 0 Å². The minimum atomic E-state index is -0.0274. The van der Waals surface area contributed by atoms with Crippen LogP contribution < -0.4 is 0 Å². The van der Waals surface area contributed by atoms with Crippen LogP contribution in [0, 0.1) is 5.92 Å². The topological polar surface area (TPSA) is 38.8 Å². The van der Waals surface area contributed by atoms with Crippen molar-refractivity contribution in [3.63, 3.8) is 0 Å². The fourth-order valence-corrected chi connectivity index (χ4v) is 2.79. The van der Waals surface area contributed by atoms with Crippen LogP contribution in [0.5, 0.6) is 0 Å². The zero-order valence-electron chi connectivity index (χ0n) is 9.98. The molecule has 0 unspecified atom stereocenters. The van der Waals surface area contributed by atoms with Crippen LogP contribution in [0.25, 0.3) is 0 Å². The Hall–Kier alpha value is -0.610. The van der Waals surface area contributed by atoms with Crippen LogP contribution in [0.4, 0.5) is 0 Å². The van der Waals surface area contributed by atoms with Gasteiger partial charge in [0.2, 0.25) is 0 Å². The largest absolute Gasteiger partial charge is 0.469 e. The Morgan fingerprint density at radius 3 is 2.38 bits per heavy atom.